The summed E-state index contributed by atoms with van der Waals surface area (Å²) < 4.78 is 18.2. The van der Waals surface area contributed by atoms with Crippen molar-refractivity contribution in [1.82, 2.24) is 15.5 Å². The summed E-state index contributed by atoms with van der Waals surface area (Å²) in [6.45, 7) is 1.22. The molecule has 0 aliphatic heterocycles. The van der Waals surface area contributed by atoms with Gasteiger partial charge in [-0.05, 0) is 61.7 Å². The first kappa shape index (κ1) is 19.1. The molecular formula is C19H24FN3OS. The molecule has 2 rings (SSSR count). The minimum atomic E-state index is -0.239. The second kappa shape index (κ2) is 9.34. The van der Waals surface area contributed by atoms with Crippen molar-refractivity contribution < 1.29 is 9.13 Å². The summed E-state index contributed by atoms with van der Waals surface area (Å²) in [5.41, 5.74) is 2.13. The zero-order chi connectivity index (χ0) is 18.2. The highest BCUT2D eigenvalue weighted by atomic mass is 32.1. The number of hydrogen-bond donors (Lipinski definition) is 2. The number of halogens is 1. The zero-order valence-electron chi connectivity index (χ0n) is 14.8. The highest BCUT2D eigenvalue weighted by molar-refractivity contribution is 7.80. The second-order valence-electron chi connectivity index (χ2n) is 5.95. The van der Waals surface area contributed by atoms with Crippen LogP contribution < -0.4 is 15.4 Å². The van der Waals surface area contributed by atoms with Crippen LogP contribution in [-0.2, 0) is 6.54 Å². The average Bonchev–Trinajstić information content (AvgIpc) is 2.61. The fourth-order valence-corrected chi connectivity index (χ4v) is 2.64. The van der Waals surface area contributed by atoms with Crippen LogP contribution in [0.5, 0.6) is 5.75 Å². The van der Waals surface area contributed by atoms with Gasteiger partial charge in [0.25, 0.3) is 0 Å². The van der Waals surface area contributed by atoms with Crippen molar-refractivity contribution in [1.29, 1.82) is 0 Å². The Labute approximate surface area is 154 Å². The van der Waals surface area contributed by atoms with Crippen molar-refractivity contribution >= 4 is 17.3 Å². The van der Waals surface area contributed by atoms with Crippen molar-refractivity contribution in [3.05, 3.63) is 65.5 Å². The number of ether oxygens (including phenoxy) is 1. The summed E-state index contributed by atoms with van der Waals surface area (Å²) in [6.07, 6.45) is 0. The maximum atomic E-state index is 12.9. The van der Waals surface area contributed by atoms with E-state index in [0.29, 0.717) is 18.2 Å². The van der Waals surface area contributed by atoms with Crippen LogP contribution in [0.15, 0.2) is 48.5 Å². The molecule has 0 aliphatic carbocycles. The summed E-state index contributed by atoms with van der Waals surface area (Å²) >= 11 is 5.34. The zero-order valence-corrected chi connectivity index (χ0v) is 15.6. The van der Waals surface area contributed by atoms with Gasteiger partial charge in [0, 0.05) is 13.1 Å². The molecule has 0 saturated heterocycles. The predicted molar refractivity (Wildman–Crippen MR) is 103 cm³/mol. The predicted octanol–water partition coefficient (Wildman–Crippen LogP) is 3.10. The molecule has 2 aromatic rings. The Balaban J connectivity index is 1.89. The van der Waals surface area contributed by atoms with E-state index < -0.39 is 0 Å². The fraction of sp³-hybridized carbons (Fsp3) is 0.316. The smallest absolute Gasteiger partial charge is 0.166 e. The van der Waals surface area contributed by atoms with Crippen molar-refractivity contribution in [2.45, 2.75) is 12.6 Å². The topological polar surface area (TPSA) is 36.5 Å². The highest BCUT2D eigenvalue weighted by Crippen LogP contribution is 2.22. The van der Waals surface area contributed by atoms with Gasteiger partial charge in [0.2, 0.25) is 0 Å². The van der Waals surface area contributed by atoms with Gasteiger partial charge in [0.1, 0.15) is 11.6 Å². The standard InChI is InChI=1S/C19H24FN3OS/c1-23(2)18(15-5-4-6-17(11-15)24-3)13-22-19(25)21-12-14-7-9-16(20)10-8-14/h4-11,18H,12-13H2,1-3H3,(H2,21,22,25)/t18-/m1/s1. The SMILES string of the molecule is COc1cccc([C@@H](CNC(=S)NCc2ccc(F)cc2)N(C)C)c1. The fourth-order valence-electron chi connectivity index (χ4n) is 2.48. The number of methoxy groups -OCH3 is 1. The van der Waals surface area contributed by atoms with E-state index in [9.17, 15) is 4.39 Å². The van der Waals surface area contributed by atoms with Crippen LogP contribution in [0, 0.1) is 5.82 Å². The van der Waals surface area contributed by atoms with Gasteiger partial charge in [-0.3, -0.25) is 0 Å². The van der Waals surface area contributed by atoms with Crippen molar-refractivity contribution in [3.8, 4) is 5.75 Å². The van der Waals surface area contributed by atoms with Gasteiger partial charge in [-0.1, -0.05) is 24.3 Å². The molecule has 2 aromatic carbocycles. The molecule has 0 unspecified atom stereocenters. The maximum absolute atomic E-state index is 12.9. The maximum Gasteiger partial charge on any atom is 0.166 e. The Morgan fingerprint density at radius 2 is 1.88 bits per heavy atom. The number of nitrogens with zero attached hydrogens (tertiary/aromatic N) is 1. The van der Waals surface area contributed by atoms with Crippen LogP contribution in [0.2, 0.25) is 0 Å². The molecule has 2 N–H and O–H groups in total. The van der Waals surface area contributed by atoms with E-state index in [1.807, 2.05) is 32.3 Å². The molecule has 0 radical (unpaired) electrons. The van der Waals surface area contributed by atoms with Gasteiger partial charge in [0.05, 0.1) is 13.2 Å². The van der Waals surface area contributed by atoms with Crippen molar-refractivity contribution in [2.75, 3.05) is 27.7 Å². The van der Waals surface area contributed by atoms with Gasteiger partial charge in [0.15, 0.2) is 5.11 Å². The molecule has 1 atom stereocenters. The van der Waals surface area contributed by atoms with E-state index in [4.69, 9.17) is 17.0 Å². The quantitative estimate of drug-likeness (QED) is 0.741. The molecule has 0 bridgehead atoms. The summed E-state index contributed by atoms with van der Waals surface area (Å²) in [7, 11) is 5.72. The Hall–Kier alpha value is -2.18. The largest absolute Gasteiger partial charge is 0.497 e. The number of thiocarbonyl (C=S) groups is 1. The van der Waals surface area contributed by atoms with Crippen molar-refractivity contribution in [2.24, 2.45) is 0 Å². The van der Waals surface area contributed by atoms with E-state index in [-0.39, 0.29) is 11.9 Å². The molecule has 0 fully saturated rings. The minimum absolute atomic E-state index is 0.153. The lowest BCUT2D eigenvalue weighted by Gasteiger charge is -2.26. The van der Waals surface area contributed by atoms with Gasteiger partial charge in [-0.2, -0.15) is 0 Å². The van der Waals surface area contributed by atoms with E-state index in [1.165, 1.54) is 12.1 Å². The molecule has 25 heavy (non-hydrogen) atoms. The minimum Gasteiger partial charge on any atom is -0.497 e. The van der Waals surface area contributed by atoms with E-state index in [1.54, 1.807) is 19.2 Å². The summed E-state index contributed by atoms with van der Waals surface area (Å²) in [6, 6.07) is 14.5. The molecule has 134 valence electrons. The van der Waals surface area contributed by atoms with Gasteiger partial charge in [-0.25, -0.2) is 4.39 Å². The number of rotatable bonds is 7. The van der Waals surface area contributed by atoms with Crippen LogP contribution in [0.1, 0.15) is 17.2 Å². The molecule has 0 spiro atoms. The van der Waals surface area contributed by atoms with E-state index in [2.05, 4.69) is 21.6 Å². The lowest BCUT2D eigenvalue weighted by Crippen LogP contribution is -2.40. The molecule has 0 saturated carbocycles. The Morgan fingerprint density at radius 3 is 2.52 bits per heavy atom. The number of likely N-dealkylation sites (N-methyl/N-ethyl adjacent to an activating group) is 1. The van der Waals surface area contributed by atoms with E-state index in [0.717, 1.165) is 16.9 Å². The van der Waals surface area contributed by atoms with Crippen LogP contribution in [0.25, 0.3) is 0 Å². The first-order chi connectivity index (χ1) is 12.0. The lowest BCUT2D eigenvalue weighted by atomic mass is 10.1. The Kier molecular flexibility index (Phi) is 7.16. The Bertz CT molecular complexity index is 691. The van der Waals surface area contributed by atoms with Crippen LogP contribution in [0.4, 0.5) is 4.39 Å². The summed E-state index contributed by atoms with van der Waals surface area (Å²) in [5.74, 6) is 0.595. The van der Waals surface area contributed by atoms with Crippen LogP contribution in [0.3, 0.4) is 0 Å². The normalized spacial score (nSPS) is 11.9. The Morgan fingerprint density at radius 1 is 1.16 bits per heavy atom. The van der Waals surface area contributed by atoms with E-state index >= 15 is 0 Å². The van der Waals surface area contributed by atoms with Crippen LogP contribution in [-0.4, -0.2) is 37.8 Å². The van der Waals surface area contributed by atoms with Crippen LogP contribution >= 0.6 is 12.2 Å². The first-order valence-corrected chi connectivity index (χ1v) is 8.47. The average molecular weight is 361 g/mol. The van der Waals surface area contributed by atoms with Gasteiger partial charge < -0.3 is 20.3 Å². The molecule has 0 aliphatic rings. The van der Waals surface area contributed by atoms with Gasteiger partial charge >= 0.3 is 0 Å². The molecule has 0 amide bonds. The third-order valence-electron chi connectivity index (χ3n) is 3.92. The highest BCUT2D eigenvalue weighted by Gasteiger charge is 2.15. The number of benzene rings is 2. The first-order valence-electron chi connectivity index (χ1n) is 8.06. The molecule has 0 aromatic heterocycles. The molecule has 6 heteroatoms. The summed E-state index contributed by atoms with van der Waals surface area (Å²) in [4.78, 5) is 2.13. The summed E-state index contributed by atoms with van der Waals surface area (Å²) in [5, 5.41) is 6.96. The lowest BCUT2D eigenvalue weighted by molar-refractivity contribution is 0.297. The second-order valence-corrected chi connectivity index (χ2v) is 6.35. The van der Waals surface area contributed by atoms with Crippen molar-refractivity contribution in [3.63, 3.8) is 0 Å². The molecule has 4 nitrogen and oxygen atoms in total. The molecule has 0 heterocycles. The molecular weight excluding hydrogens is 337 g/mol. The third kappa shape index (κ3) is 5.99. The number of hydrogen-bond acceptors (Lipinski definition) is 3. The van der Waals surface area contributed by atoms with Gasteiger partial charge in [-0.15, -0.1) is 0 Å². The third-order valence-corrected chi connectivity index (χ3v) is 4.21. The number of nitrogens with one attached hydrogen (secondary N) is 2. The monoisotopic (exact) mass is 361 g/mol.